The van der Waals surface area contributed by atoms with Crippen LogP contribution in [-0.2, 0) is 17.8 Å². The summed E-state index contributed by atoms with van der Waals surface area (Å²) in [6, 6.07) is 7.67. The molecule has 23 heavy (non-hydrogen) atoms. The molecule has 1 heterocycles. The highest BCUT2D eigenvalue weighted by Gasteiger charge is 2.19. The molecule has 2 rings (SSSR count). The Hall–Kier alpha value is -1.59. The molecule has 0 aliphatic carbocycles. The average Bonchev–Trinajstić information content (AvgIpc) is 2.90. The molecule has 0 aliphatic rings. The Labute approximate surface area is 144 Å². The molecule has 3 N–H and O–H groups in total. The molecule has 6 heteroatoms. The highest BCUT2D eigenvalue weighted by molar-refractivity contribution is 5.85. The molecule has 0 aliphatic heterocycles. The molecule has 0 saturated carbocycles. The fraction of sp³-hybridized carbons (Fsp3) is 0.529. The summed E-state index contributed by atoms with van der Waals surface area (Å²) in [7, 11) is 0. The zero-order valence-electron chi connectivity index (χ0n) is 14.1. The summed E-state index contributed by atoms with van der Waals surface area (Å²) in [4.78, 5) is 16.7. The van der Waals surface area contributed by atoms with Gasteiger partial charge < -0.3 is 15.6 Å². The van der Waals surface area contributed by atoms with Crippen LogP contribution in [-0.4, -0.2) is 28.0 Å². The van der Waals surface area contributed by atoms with Crippen LogP contribution in [0, 0.1) is 5.92 Å². The fourth-order valence-corrected chi connectivity index (χ4v) is 2.60. The summed E-state index contributed by atoms with van der Waals surface area (Å²) < 4.78 is 2.19. The van der Waals surface area contributed by atoms with Gasteiger partial charge in [-0.05, 0) is 25.0 Å². The van der Waals surface area contributed by atoms with Crippen molar-refractivity contribution in [2.75, 3.05) is 6.54 Å². The van der Waals surface area contributed by atoms with Gasteiger partial charge in [-0.3, -0.25) is 4.79 Å². The zero-order valence-corrected chi connectivity index (χ0v) is 14.9. The van der Waals surface area contributed by atoms with E-state index in [1.54, 1.807) is 0 Å². The van der Waals surface area contributed by atoms with Crippen LogP contribution in [0.25, 0.3) is 11.0 Å². The van der Waals surface area contributed by atoms with Gasteiger partial charge in [0.05, 0.1) is 17.1 Å². The van der Waals surface area contributed by atoms with Crippen molar-refractivity contribution in [3.05, 3.63) is 30.1 Å². The van der Waals surface area contributed by atoms with Crippen molar-refractivity contribution >= 4 is 29.3 Å². The maximum atomic E-state index is 12.0. The number of benzene rings is 1. The van der Waals surface area contributed by atoms with Crippen LogP contribution in [0.4, 0.5) is 0 Å². The van der Waals surface area contributed by atoms with Crippen molar-refractivity contribution < 1.29 is 4.79 Å². The topological polar surface area (TPSA) is 72.9 Å². The standard InChI is InChI=1S/C17H26N4O.ClH/c1-4-12(3)16(18)17(22)19-11-10-15-20-13-8-6-7-9-14(13)21(15)5-2;/h6-9,12,16H,4-5,10-11,18H2,1-3H3,(H,19,22);1H. The molecule has 2 atom stereocenters. The van der Waals surface area contributed by atoms with E-state index in [2.05, 4.69) is 27.9 Å². The van der Waals surface area contributed by atoms with E-state index in [0.717, 1.165) is 29.8 Å². The van der Waals surface area contributed by atoms with Crippen LogP contribution in [0.1, 0.15) is 33.0 Å². The number of aromatic nitrogens is 2. The van der Waals surface area contributed by atoms with Gasteiger partial charge in [0.1, 0.15) is 5.82 Å². The molecular formula is C17H27ClN4O. The van der Waals surface area contributed by atoms with E-state index in [4.69, 9.17) is 5.73 Å². The van der Waals surface area contributed by atoms with E-state index in [9.17, 15) is 4.79 Å². The van der Waals surface area contributed by atoms with Crippen LogP contribution in [0.15, 0.2) is 24.3 Å². The van der Waals surface area contributed by atoms with Crippen LogP contribution < -0.4 is 11.1 Å². The first kappa shape index (κ1) is 19.5. The third-order valence-corrected chi connectivity index (χ3v) is 4.26. The highest BCUT2D eigenvalue weighted by Crippen LogP contribution is 2.16. The number of carbonyl (C=O) groups is 1. The normalized spacial score (nSPS) is 13.4. The number of nitrogens with two attached hydrogens (primary N) is 1. The first-order valence-electron chi connectivity index (χ1n) is 8.05. The molecule has 0 bridgehead atoms. The minimum absolute atomic E-state index is 0. The van der Waals surface area contributed by atoms with Gasteiger partial charge in [-0.1, -0.05) is 32.4 Å². The smallest absolute Gasteiger partial charge is 0.237 e. The molecule has 0 radical (unpaired) electrons. The lowest BCUT2D eigenvalue weighted by Gasteiger charge is -2.17. The molecule has 1 aromatic heterocycles. The van der Waals surface area contributed by atoms with Crippen LogP contribution in [0.2, 0.25) is 0 Å². The predicted molar refractivity (Wildman–Crippen MR) is 96.8 cm³/mol. The molecule has 2 unspecified atom stereocenters. The molecular weight excluding hydrogens is 312 g/mol. The molecule has 2 aromatic rings. The summed E-state index contributed by atoms with van der Waals surface area (Å²) in [5.41, 5.74) is 8.08. The molecule has 0 saturated heterocycles. The zero-order chi connectivity index (χ0) is 16.1. The van der Waals surface area contributed by atoms with Crippen molar-refractivity contribution in [3.8, 4) is 0 Å². The molecule has 0 spiro atoms. The Kier molecular flexibility index (Phi) is 7.52. The lowest BCUT2D eigenvalue weighted by molar-refractivity contribution is -0.123. The highest BCUT2D eigenvalue weighted by atomic mass is 35.5. The second kappa shape index (κ2) is 8.89. The lowest BCUT2D eigenvalue weighted by Crippen LogP contribution is -2.45. The monoisotopic (exact) mass is 338 g/mol. The second-order valence-electron chi connectivity index (χ2n) is 5.71. The quantitative estimate of drug-likeness (QED) is 0.814. The maximum absolute atomic E-state index is 12.0. The Morgan fingerprint density at radius 3 is 2.70 bits per heavy atom. The Bertz CT molecular complexity index is 641. The number of nitrogens with zero attached hydrogens (tertiary/aromatic N) is 2. The van der Waals surface area contributed by atoms with E-state index in [0.29, 0.717) is 13.0 Å². The van der Waals surface area contributed by atoms with Gasteiger partial charge in [0, 0.05) is 19.5 Å². The van der Waals surface area contributed by atoms with E-state index < -0.39 is 6.04 Å². The van der Waals surface area contributed by atoms with Gasteiger partial charge in [0.25, 0.3) is 0 Å². The number of hydrogen-bond donors (Lipinski definition) is 2. The average molecular weight is 339 g/mol. The van der Waals surface area contributed by atoms with Gasteiger partial charge in [-0.25, -0.2) is 4.98 Å². The number of amides is 1. The molecule has 1 aromatic carbocycles. The van der Waals surface area contributed by atoms with Gasteiger partial charge in [-0.2, -0.15) is 0 Å². The SMILES string of the molecule is CCC(C)C(N)C(=O)NCCc1nc2ccccc2n1CC.Cl. The van der Waals surface area contributed by atoms with Gasteiger partial charge in [-0.15, -0.1) is 12.4 Å². The molecule has 0 fully saturated rings. The van der Waals surface area contributed by atoms with Crippen molar-refractivity contribution in [3.63, 3.8) is 0 Å². The Morgan fingerprint density at radius 1 is 1.35 bits per heavy atom. The largest absolute Gasteiger partial charge is 0.354 e. The lowest BCUT2D eigenvalue weighted by atomic mass is 9.99. The number of aryl methyl sites for hydroxylation is 1. The number of halogens is 1. The molecule has 5 nitrogen and oxygen atoms in total. The van der Waals surface area contributed by atoms with E-state index >= 15 is 0 Å². The van der Waals surface area contributed by atoms with Gasteiger partial charge in [0.15, 0.2) is 0 Å². The first-order chi connectivity index (χ1) is 10.6. The van der Waals surface area contributed by atoms with Crippen molar-refractivity contribution in [2.24, 2.45) is 11.7 Å². The Balaban J connectivity index is 0.00000264. The summed E-state index contributed by atoms with van der Waals surface area (Å²) in [6.07, 6.45) is 1.61. The maximum Gasteiger partial charge on any atom is 0.237 e. The van der Waals surface area contributed by atoms with E-state index in [1.165, 1.54) is 0 Å². The number of carbonyl (C=O) groups excluding carboxylic acids is 1. The van der Waals surface area contributed by atoms with Crippen molar-refractivity contribution in [1.29, 1.82) is 0 Å². The third-order valence-electron chi connectivity index (χ3n) is 4.26. The number of hydrogen-bond acceptors (Lipinski definition) is 3. The minimum atomic E-state index is -0.435. The van der Waals surface area contributed by atoms with Crippen LogP contribution in [0.3, 0.4) is 0 Å². The number of fused-ring (bicyclic) bond motifs is 1. The number of imidazole rings is 1. The van der Waals surface area contributed by atoms with Gasteiger partial charge in [0.2, 0.25) is 5.91 Å². The van der Waals surface area contributed by atoms with Crippen molar-refractivity contribution in [2.45, 2.75) is 46.2 Å². The molecule has 1 amide bonds. The summed E-state index contributed by atoms with van der Waals surface area (Å²) in [6.45, 7) is 7.58. The fourth-order valence-electron chi connectivity index (χ4n) is 2.60. The second-order valence-corrected chi connectivity index (χ2v) is 5.71. The number of nitrogens with one attached hydrogen (secondary N) is 1. The number of rotatable bonds is 7. The first-order valence-corrected chi connectivity index (χ1v) is 8.05. The predicted octanol–water partition coefficient (Wildman–Crippen LogP) is 2.51. The van der Waals surface area contributed by atoms with Gasteiger partial charge >= 0.3 is 0 Å². The summed E-state index contributed by atoms with van der Waals surface area (Å²) >= 11 is 0. The van der Waals surface area contributed by atoms with E-state index in [-0.39, 0.29) is 24.2 Å². The van der Waals surface area contributed by atoms with Crippen LogP contribution in [0.5, 0.6) is 0 Å². The molecule has 128 valence electrons. The van der Waals surface area contributed by atoms with Crippen molar-refractivity contribution in [1.82, 2.24) is 14.9 Å². The van der Waals surface area contributed by atoms with Crippen LogP contribution >= 0.6 is 12.4 Å². The summed E-state index contributed by atoms with van der Waals surface area (Å²) in [5, 5.41) is 2.92. The number of para-hydroxylation sites is 2. The summed E-state index contributed by atoms with van der Waals surface area (Å²) in [5.74, 6) is 1.12. The minimum Gasteiger partial charge on any atom is -0.354 e. The third kappa shape index (κ3) is 4.45. The van der Waals surface area contributed by atoms with E-state index in [1.807, 2.05) is 32.0 Å². The Morgan fingerprint density at radius 2 is 2.04 bits per heavy atom.